The second-order valence-corrected chi connectivity index (χ2v) is 6.14. The van der Waals surface area contributed by atoms with Gasteiger partial charge in [-0.25, -0.2) is 4.99 Å². The monoisotopic (exact) mass is 329 g/mol. The minimum atomic E-state index is -0.161. The summed E-state index contributed by atoms with van der Waals surface area (Å²) in [4.78, 5) is 21.0. The Hall–Kier alpha value is -2.11. The Balaban J connectivity index is 1.83. The molecule has 0 unspecified atom stereocenters. The number of amides is 1. The quantitative estimate of drug-likeness (QED) is 0.849. The summed E-state index contributed by atoms with van der Waals surface area (Å²) in [5.41, 5.74) is 2.58. The Kier molecular flexibility index (Phi) is 4.27. The fraction of sp³-hybridized carbons (Fsp3) is 0.0625. The summed E-state index contributed by atoms with van der Waals surface area (Å²) in [5, 5.41) is 3.95. The molecule has 1 aliphatic heterocycles. The van der Waals surface area contributed by atoms with E-state index in [0.717, 1.165) is 11.1 Å². The molecule has 1 fully saturated rings. The van der Waals surface area contributed by atoms with Gasteiger partial charge in [0.25, 0.3) is 5.91 Å². The number of aryl methyl sites for hydroxylation is 1. The number of rotatable bonds is 2. The highest BCUT2D eigenvalue weighted by Crippen LogP contribution is 2.29. The number of pyridine rings is 1. The summed E-state index contributed by atoms with van der Waals surface area (Å²) in [6, 6.07) is 9.26. The first-order chi connectivity index (χ1) is 10.6. The SMILES string of the molecule is Cc1ccc(N=C2NC(=O)/C(=C/c3cccnc3)S2)cc1Cl. The lowest BCUT2D eigenvalue weighted by atomic mass is 10.2. The summed E-state index contributed by atoms with van der Waals surface area (Å²) in [6.07, 6.45) is 5.19. The van der Waals surface area contributed by atoms with Crippen molar-refractivity contribution in [3.8, 4) is 0 Å². The smallest absolute Gasteiger partial charge is 0.264 e. The molecule has 0 aliphatic carbocycles. The van der Waals surface area contributed by atoms with Crippen molar-refractivity contribution < 1.29 is 4.79 Å². The summed E-state index contributed by atoms with van der Waals surface area (Å²) in [5.74, 6) is -0.161. The minimum Gasteiger partial charge on any atom is -0.300 e. The van der Waals surface area contributed by atoms with Crippen LogP contribution in [0.2, 0.25) is 5.02 Å². The molecule has 2 aromatic rings. The van der Waals surface area contributed by atoms with Crippen molar-refractivity contribution >= 4 is 46.2 Å². The van der Waals surface area contributed by atoms with Crippen molar-refractivity contribution in [2.75, 3.05) is 0 Å². The first-order valence-electron chi connectivity index (χ1n) is 6.57. The standard InChI is InChI=1S/C16H12ClN3OS/c1-10-4-5-12(8-13(10)17)19-16-20-15(21)14(22-16)7-11-3-2-6-18-9-11/h2-9H,1H3,(H,19,20,21)/b14-7-. The molecule has 0 atom stereocenters. The van der Waals surface area contributed by atoms with Gasteiger partial charge in [-0.05, 0) is 54.1 Å². The van der Waals surface area contributed by atoms with Gasteiger partial charge in [0, 0.05) is 17.4 Å². The van der Waals surface area contributed by atoms with Gasteiger partial charge in [0.1, 0.15) is 0 Å². The number of carbonyl (C=O) groups excluding carboxylic acids is 1. The second kappa shape index (κ2) is 6.34. The van der Waals surface area contributed by atoms with E-state index in [1.54, 1.807) is 24.5 Å². The fourth-order valence-electron chi connectivity index (χ4n) is 1.86. The molecule has 1 aromatic carbocycles. The Labute approximate surface area is 137 Å². The molecule has 1 amide bonds. The number of aromatic nitrogens is 1. The Morgan fingerprint density at radius 2 is 2.23 bits per heavy atom. The van der Waals surface area contributed by atoms with E-state index >= 15 is 0 Å². The van der Waals surface area contributed by atoms with Gasteiger partial charge in [-0.3, -0.25) is 9.78 Å². The van der Waals surface area contributed by atoms with Gasteiger partial charge < -0.3 is 5.32 Å². The van der Waals surface area contributed by atoms with Crippen LogP contribution in [-0.2, 0) is 4.79 Å². The van der Waals surface area contributed by atoms with E-state index in [0.29, 0.717) is 20.8 Å². The molecular weight excluding hydrogens is 318 g/mol. The van der Waals surface area contributed by atoms with Gasteiger partial charge in [-0.1, -0.05) is 23.7 Å². The van der Waals surface area contributed by atoms with Crippen LogP contribution in [0.3, 0.4) is 0 Å². The Morgan fingerprint density at radius 3 is 2.95 bits per heavy atom. The number of benzene rings is 1. The van der Waals surface area contributed by atoms with Gasteiger partial charge in [0.15, 0.2) is 5.17 Å². The summed E-state index contributed by atoms with van der Waals surface area (Å²) < 4.78 is 0. The van der Waals surface area contributed by atoms with Crippen molar-refractivity contribution in [1.29, 1.82) is 0 Å². The van der Waals surface area contributed by atoms with E-state index in [1.807, 2.05) is 31.2 Å². The summed E-state index contributed by atoms with van der Waals surface area (Å²) in [7, 11) is 0. The lowest BCUT2D eigenvalue weighted by molar-refractivity contribution is -0.115. The van der Waals surface area contributed by atoms with E-state index < -0.39 is 0 Å². The molecule has 0 spiro atoms. The average molecular weight is 330 g/mol. The summed E-state index contributed by atoms with van der Waals surface area (Å²) >= 11 is 7.38. The van der Waals surface area contributed by atoms with Crippen molar-refractivity contribution in [1.82, 2.24) is 10.3 Å². The highest BCUT2D eigenvalue weighted by atomic mass is 35.5. The average Bonchev–Trinajstić information content (AvgIpc) is 2.84. The highest BCUT2D eigenvalue weighted by Gasteiger charge is 2.23. The number of aliphatic imine (C=N–C) groups is 1. The third-order valence-electron chi connectivity index (χ3n) is 3.02. The van der Waals surface area contributed by atoms with E-state index in [-0.39, 0.29) is 5.91 Å². The molecule has 0 saturated carbocycles. The van der Waals surface area contributed by atoms with Crippen LogP contribution in [0.4, 0.5) is 5.69 Å². The second-order valence-electron chi connectivity index (χ2n) is 4.70. The van der Waals surface area contributed by atoms with Crippen LogP contribution in [-0.4, -0.2) is 16.1 Å². The van der Waals surface area contributed by atoms with Crippen LogP contribution in [0.15, 0.2) is 52.6 Å². The van der Waals surface area contributed by atoms with Crippen LogP contribution in [0, 0.1) is 6.92 Å². The minimum absolute atomic E-state index is 0.161. The largest absolute Gasteiger partial charge is 0.300 e. The van der Waals surface area contributed by atoms with Gasteiger partial charge in [-0.15, -0.1) is 0 Å². The zero-order valence-corrected chi connectivity index (χ0v) is 13.3. The van der Waals surface area contributed by atoms with Gasteiger partial charge in [0.05, 0.1) is 10.6 Å². The predicted octanol–water partition coefficient (Wildman–Crippen LogP) is 3.94. The molecule has 4 nitrogen and oxygen atoms in total. The number of nitrogens with one attached hydrogen (secondary N) is 1. The van der Waals surface area contributed by atoms with Gasteiger partial charge in [0.2, 0.25) is 0 Å². The van der Waals surface area contributed by atoms with Crippen molar-refractivity contribution in [3.63, 3.8) is 0 Å². The molecule has 0 radical (unpaired) electrons. The molecule has 1 saturated heterocycles. The van der Waals surface area contributed by atoms with Crippen LogP contribution in [0.25, 0.3) is 6.08 Å². The first kappa shape index (κ1) is 14.8. The normalized spacial score (nSPS) is 18.0. The summed E-state index contributed by atoms with van der Waals surface area (Å²) in [6.45, 7) is 1.93. The topological polar surface area (TPSA) is 54.4 Å². The number of nitrogens with zero attached hydrogens (tertiary/aromatic N) is 2. The molecule has 1 aliphatic rings. The lowest BCUT2D eigenvalue weighted by Crippen LogP contribution is -2.19. The maximum absolute atomic E-state index is 12.0. The van der Waals surface area contributed by atoms with Crippen LogP contribution < -0.4 is 5.32 Å². The fourth-order valence-corrected chi connectivity index (χ4v) is 2.88. The first-order valence-corrected chi connectivity index (χ1v) is 7.77. The highest BCUT2D eigenvalue weighted by molar-refractivity contribution is 8.18. The number of amidine groups is 1. The number of thioether (sulfide) groups is 1. The van der Waals surface area contributed by atoms with E-state index in [4.69, 9.17) is 11.6 Å². The molecule has 0 bridgehead atoms. The van der Waals surface area contributed by atoms with Crippen molar-refractivity contribution in [2.24, 2.45) is 4.99 Å². The molecule has 1 aromatic heterocycles. The maximum atomic E-state index is 12.0. The lowest BCUT2D eigenvalue weighted by Gasteiger charge is -2.00. The van der Waals surface area contributed by atoms with Crippen LogP contribution in [0.1, 0.15) is 11.1 Å². The predicted molar refractivity (Wildman–Crippen MR) is 91.2 cm³/mol. The van der Waals surface area contributed by atoms with Gasteiger partial charge in [-0.2, -0.15) is 0 Å². The number of carbonyl (C=O) groups is 1. The van der Waals surface area contributed by atoms with E-state index in [9.17, 15) is 4.79 Å². The number of halogens is 1. The zero-order valence-electron chi connectivity index (χ0n) is 11.7. The molecule has 6 heteroatoms. The molecule has 110 valence electrons. The molecule has 22 heavy (non-hydrogen) atoms. The molecular formula is C16H12ClN3OS. The number of hydrogen-bond donors (Lipinski definition) is 1. The molecule has 1 N–H and O–H groups in total. The third-order valence-corrected chi connectivity index (χ3v) is 4.34. The Bertz CT molecular complexity index is 787. The molecule has 3 rings (SSSR count). The maximum Gasteiger partial charge on any atom is 0.264 e. The van der Waals surface area contributed by atoms with Crippen LogP contribution >= 0.6 is 23.4 Å². The van der Waals surface area contributed by atoms with E-state index in [1.165, 1.54) is 11.8 Å². The van der Waals surface area contributed by atoms with Crippen molar-refractivity contribution in [3.05, 3.63) is 63.8 Å². The third kappa shape index (κ3) is 3.37. The van der Waals surface area contributed by atoms with Crippen LogP contribution in [0.5, 0.6) is 0 Å². The number of hydrogen-bond acceptors (Lipinski definition) is 4. The molecule has 2 heterocycles. The Morgan fingerprint density at radius 1 is 1.36 bits per heavy atom. The zero-order chi connectivity index (χ0) is 15.5. The van der Waals surface area contributed by atoms with E-state index in [2.05, 4.69) is 15.3 Å². The van der Waals surface area contributed by atoms with Crippen molar-refractivity contribution in [2.45, 2.75) is 6.92 Å². The van der Waals surface area contributed by atoms with Gasteiger partial charge >= 0.3 is 0 Å².